The third-order valence-corrected chi connectivity index (χ3v) is 4.66. The van der Waals surface area contributed by atoms with Crippen molar-refractivity contribution in [1.82, 2.24) is 15.2 Å². The standard InChI is InChI=1S/C19H21N5O3/c1-11(13-5-3-2-4-6-13)23-19(27)24-16(17(21)25)14(18(24)26)9-12-7-8-22-15(20)10-12/h2-8,10-11,14,16H,9H2,1H3,(H2,20,22)(H2,21,25)(H,23,27)/t11-,14?,16+/m1/s1. The Hall–Kier alpha value is -3.42. The normalized spacial score (nSPS) is 19.9. The number of nitrogens with two attached hydrogens (primary N) is 2. The van der Waals surface area contributed by atoms with Crippen molar-refractivity contribution in [1.29, 1.82) is 0 Å². The summed E-state index contributed by atoms with van der Waals surface area (Å²) >= 11 is 0. The zero-order chi connectivity index (χ0) is 19.6. The average Bonchev–Trinajstić information content (AvgIpc) is 2.64. The molecule has 1 aliphatic rings. The molecule has 0 bridgehead atoms. The molecule has 1 unspecified atom stereocenters. The topological polar surface area (TPSA) is 131 Å². The molecule has 1 aromatic carbocycles. The number of carbonyl (C=O) groups excluding carboxylic acids is 3. The number of benzene rings is 1. The van der Waals surface area contributed by atoms with Crippen LogP contribution in [0.5, 0.6) is 0 Å². The van der Waals surface area contributed by atoms with Gasteiger partial charge >= 0.3 is 6.03 Å². The molecule has 0 spiro atoms. The van der Waals surface area contributed by atoms with E-state index in [0.717, 1.165) is 16.0 Å². The molecule has 8 nitrogen and oxygen atoms in total. The number of urea groups is 1. The fraction of sp³-hybridized carbons (Fsp3) is 0.263. The molecule has 1 fully saturated rings. The van der Waals surface area contributed by atoms with E-state index in [0.29, 0.717) is 5.82 Å². The Labute approximate surface area is 156 Å². The maximum absolute atomic E-state index is 12.5. The molecule has 1 saturated heterocycles. The lowest BCUT2D eigenvalue weighted by Crippen LogP contribution is -2.69. The highest BCUT2D eigenvalue weighted by Crippen LogP contribution is 2.30. The summed E-state index contributed by atoms with van der Waals surface area (Å²) in [6, 6.07) is 10.7. The fourth-order valence-corrected chi connectivity index (χ4v) is 3.25. The summed E-state index contributed by atoms with van der Waals surface area (Å²) in [5.74, 6) is -1.53. The Morgan fingerprint density at radius 2 is 1.96 bits per heavy atom. The Morgan fingerprint density at radius 3 is 2.59 bits per heavy atom. The highest BCUT2D eigenvalue weighted by Gasteiger charge is 2.53. The summed E-state index contributed by atoms with van der Waals surface area (Å²) in [6.07, 6.45) is 1.79. The molecular weight excluding hydrogens is 346 g/mol. The zero-order valence-corrected chi connectivity index (χ0v) is 14.8. The maximum atomic E-state index is 12.5. The number of imide groups is 1. The van der Waals surface area contributed by atoms with Crippen molar-refractivity contribution in [3.8, 4) is 0 Å². The summed E-state index contributed by atoms with van der Waals surface area (Å²) in [5, 5.41) is 2.74. The summed E-state index contributed by atoms with van der Waals surface area (Å²) in [6.45, 7) is 1.80. The lowest BCUT2D eigenvalue weighted by molar-refractivity contribution is -0.156. The predicted molar refractivity (Wildman–Crippen MR) is 99.1 cm³/mol. The second kappa shape index (κ2) is 7.45. The number of amides is 4. The second-order valence-corrected chi connectivity index (χ2v) is 6.54. The number of nitrogen functional groups attached to an aromatic ring is 1. The molecule has 3 atom stereocenters. The fourth-order valence-electron chi connectivity index (χ4n) is 3.25. The largest absolute Gasteiger partial charge is 0.384 e. The van der Waals surface area contributed by atoms with Crippen LogP contribution in [0.2, 0.25) is 0 Å². The third-order valence-electron chi connectivity index (χ3n) is 4.66. The van der Waals surface area contributed by atoms with Gasteiger partial charge in [0, 0.05) is 6.20 Å². The minimum atomic E-state index is -0.991. The van der Waals surface area contributed by atoms with Gasteiger partial charge in [-0.25, -0.2) is 9.78 Å². The predicted octanol–water partition coefficient (Wildman–Crippen LogP) is 0.989. The highest BCUT2D eigenvalue weighted by molar-refractivity contribution is 6.08. The first-order valence-corrected chi connectivity index (χ1v) is 8.56. The first kappa shape index (κ1) is 18.4. The molecule has 0 radical (unpaired) electrons. The van der Waals surface area contributed by atoms with Gasteiger partial charge in [-0.15, -0.1) is 0 Å². The van der Waals surface area contributed by atoms with Gasteiger partial charge in [0.05, 0.1) is 12.0 Å². The van der Waals surface area contributed by atoms with Crippen LogP contribution in [0.3, 0.4) is 0 Å². The van der Waals surface area contributed by atoms with Gasteiger partial charge in [0.2, 0.25) is 11.8 Å². The Balaban J connectivity index is 1.71. The second-order valence-electron chi connectivity index (χ2n) is 6.54. The third kappa shape index (κ3) is 3.74. The van der Waals surface area contributed by atoms with E-state index in [9.17, 15) is 14.4 Å². The smallest absolute Gasteiger partial charge is 0.325 e. The Kier molecular flexibility index (Phi) is 5.07. The number of nitrogens with zero attached hydrogens (tertiary/aromatic N) is 2. The van der Waals surface area contributed by atoms with Crippen LogP contribution in [-0.4, -0.2) is 33.8 Å². The molecular formula is C19H21N5O3. The minimum absolute atomic E-state index is 0.261. The number of nitrogens with one attached hydrogen (secondary N) is 1. The van der Waals surface area contributed by atoms with Crippen molar-refractivity contribution >= 4 is 23.7 Å². The van der Waals surface area contributed by atoms with Crippen molar-refractivity contribution < 1.29 is 14.4 Å². The molecule has 140 valence electrons. The molecule has 27 heavy (non-hydrogen) atoms. The highest BCUT2D eigenvalue weighted by atomic mass is 16.2. The Bertz CT molecular complexity index is 871. The molecule has 8 heteroatoms. The van der Waals surface area contributed by atoms with Crippen LogP contribution < -0.4 is 16.8 Å². The summed E-state index contributed by atoms with van der Waals surface area (Å²) in [7, 11) is 0. The van der Waals surface area contributed by atoms with Crippen LogP contribution >= 0.6 is 0 Å². The number of rotatable bonds is 5. The van der Waals surface area contributed by atoms with Crippen molar-refractivity contribution in [2.24, 2.45) is 11.7 Å². The lowest BCUT2D eigenvalue weighted by atomic mass is 9.82. The quantitative estimate of drug-likeness (QED) is 0.678. The molecule has 1 aromatic heterocycles. The molecule has 0 saturated carbocycles. The van der Waals surface area contributed by atoms with Gasteiger partial charge in [-0.2, -0.15) is 0 Å². The minimum Gasteiger partial charge on any atom is -0.384 e. The molecule has 0 aliphatic carbocycles. The summed E-state index contributed by atoms with van der Waals surface area (Å²) in [4.78, 5) is 41.8. The van der Waals surface area contributed by atoms with Crippen LogP contribution in [0.15, 0.2) is 48.7 Å². The van der Waals surface area contributed by atoms with E-state index in [1.54, 1.807) is 19.1 Å². The summed E-state index contributed by atoms with van der Waals surface area (Å²) in [5.41, 5.74) is 12.7. The van der Waals surface area contributed by atoms with Gasteiger partial charge in [0.25, 0.3) is 0 Å². The first-order valence-electron chi connectivity index (χ1n) is 8.56. The van der Waals surface area contributed by atoms with Crippen LogP contribution in [0.25, 0.3) is 0 Å². The van der Waals surface area contributed by atoms with E-state index < -0.39 is 29.8 Å². The average molecular weight is 367 g/mol. The van der Waals surface area contributed by atoms with Gasteiger partial charge in [-0.05, 0) is 36.6 Å². The number of likely N-dealkylation sites (tertiary alicyclic amines) is 1. The van der Waals surface area contributed by atoms with Crippen LogP contribution in [0, 0.1) is 5.92 Å². The number of hydrogen-bond donors (Lipinski definition) is 3. The van der Waals surface area contributed by atoms with Gasteiger partial charge in [-0.1, -0.05) is 30.3 Å². The lowest BCUT2D eigenvalue weighted by Gasteiger charge is -2.44. The van der Waals surface area contributed by atoms with Crippen molar-refractivity contribution in [2.45, 2.75) is 25.4 Å². The van der Waals surface area contributed by atoms with E-state index >= 15 is 0 Å². The number of pyridine rings is 1. The van der Waals surface area contributed by atoms with Crippen LogP contribution in [0.1, 0.15) is 24.1 Å². The van der Waals surface area contributed by atoms with E-state index in [4.69, 9.17) is 11.5 Å². The Morgan fingerprint density at radius 1 is 1.26 bits per heavy atom. The van der Waals surface area contributed by atoms with E-state index in [2.05, 4.69) is 10.3 Å². The van der Waals surface area contributed by atoms with Gasteiger partial charge in [0.1, 0.15) is 11.9 Å². The molecule has 3 rings (SSSR count). The number of carbonyl (C=O) groups is 3. The van der Waals surface area contributed by atoms with Crippen molar-refractivity contribution in [2.75, 3.05) is 5.73 Å². The van der Waals surface area contributed by atoms with E-state index in [1.165, 1.54) is 6.20 Å². The van der Waals surface area contributed by atoms with Crippen molar-refractivity contribution in [3.05, 3.63) is 59.8 Å². The number of anilines is 1. The first-order chi connectivity index (χ1) is 12.9. The number of aromatic nitrogens is 1. The molecule has 1 aliphatic heterocycles. The van der Waals surface area contributed by atoms with E-state index in [-0.39, 0.29) is 12.5 Å². The van der Waals surface area contributed by atoms with Crippen molar-refractivity contribution in [3.63, 3.8) is 0 Å². The van der Waals surface area contributed by atoms with Gasteiger partial charge in [-0.3, -0.25) is 14.5 Å². The number of β-lactam (4-membered cyclic amide) rings is 1. The molecule has 5 N–H and O–H groups in total. The van der Waals surface area contributed by atoms with Crippen LogP contribution in [0.4, 0.5) is 10.6 Å². The maximum Gasteiger partial charge on any atom is 0.325 e. The molecule has 2 heterocycles. The van der Waals surface area contributed by atoms with Gasteiger partial charge in [0.15, 0.2) is 0 Å². The molecule has 2 aromatic rings. The van der Waals surface area contributed by atoms with E-state index in [1.807, 2.05) is 30.3 Å². The van der Waals surface area contributed by atoms with Gasteiger partial charge < -0.3 is 16.8 Å². The monoisotopic (exact) mass is 367 g/mol. The van der Waals surface area contributed by atoms with Crippen LogP contribution in [-0.2, 0) is 16.0 Å². The number of hydrogen-bond acceptors (Lipinski definition) is 5. The summed E-state index contributed by atoms with van der Waals surface area (Å²) < 4.78 is 0. The SMILES string of the molecule is C[C@@H](NC(=O)N1C(=O)C(Cc2ccnc(N)c2)[C@H]1C(N)=O)c1ccccc1. The zero-order valence-electron chi connectivity index (χ0n) is 14.8. The molecule has 4 amide bonds. The number of primary amides is 1.